The van der Waals surface area contributed by atoms with Crippen LogP contribution in [0.5, 0.6) is 0 Å². The van der Waals surface area contributed by atoms with Gasteiger partial charge in [0.25, 0.3) is 5.24 Å². The van der Waals surface area contributed by atoms with Crippen molar-refractivity contribution in [1.29, 1.82) is 0 Å². The lowest BCUT2D eigenvalue weighted by Crippen LogP contribution is -2.37. The Hall–Kier alpha value is -0.750. The van der Waals surface area contributed by atoms with Gasteiger partial charge < -0.3 is 15.3 Å². The molecule has 1 heterocycles. The normalized spacial score (nSPS) is 26.9. The van der Waals surface area contributed by atoms with Crippen LogP contribution in [0.2, 0.25) is 0 Å². The van der Waals surface area contributed by atoms with Crippen LogP contribution in [0.25, 0.3) is 0 Å². The summed E-state index contributed by atoms with van der Waals surface area (Å²) in [5.74, 6) is 1.58. The fourth-order valence-corrected chi connectivity index (χ4v) is 3.84. The van der Waals surface area contributed by atoms with Crippen molar-refractivity contribution in [1.82, 2.24) is 10.2 Å². The summed E-state index contributed by atoms with van der Waals surface area (Å²) in [6.07, 6.45) is 4.91. The quantitative estimate of drug-likeness (QED) is 0.779. The van der Waals surface area contributed by atoms with Crippen molar-refractivity contribution >= 4 is 22.9 Å². The van der Waals surface area contributed by atoms with Gasteiger partial charge in [-0.2, -0.15) is 0 Å². The molecule has 2 fully saturated rings. The summed E-state index contributed by atoms with van der Waals surface area (Å²) in [7, 11) is 0. The summed E-state index contributed by atoms with van der Waals surface area (Å²) in [6, 6.07) is 0. The highest BCUT2D eigenvalue weighted by Gasteiger charge is 2.25. The minimum Gasteiger partial charge on any atom is -0.396 e. The first-order valence-corrected chi connectivity index (χ1v) is 8.48. The summed E-state index contributed by atoms with van der Waals surface area (Å²) in [5, 5.41) is 12.4. The van der Waals surface area contributed by atoms with Gasteiger partial charge in [0.1, 0.15) is 0 Å². The molecule has 20 heavy (non-hydrogen) atoms. The van der Waals surface area contributed by atoms with E-state index >= 15 is 0 Å². The Morgan fingerprint density at radius 3 is 2.75 bits per heavy atom. The number of thioether (sulfide) groups is 1. The summed E-state index contributed by atoms with van der Waals surface area (Å²) in [5.41, 5.74) is 0. The fourth-order valence-electron chi connectivity index (χ4n) is 2.99. The monoisotopic (exact) mass is 300 g/mol. The number of nitrogens with zero attached hydrogens (tertiary/aromatic N) is 1. The second kappa shape index (κ2) is 7.88. The van der Waals surface area contributed by atoms with Crippen LogP contribution in [-0.2, 0) is 4.79 Å². The van der Waals surface area contributed by atoms with Crippen molar-refractivity contribution in [2.45, 2.75) is 32.1 Å². The molecule has 1 saturated heterocycles. The molecule has 2 atom stereocenters. The number of hydrogen-bond acceptors (Lipinski definition) is 4. The molecule has 114 valence electrons. The maximum Gasteiger partial charge on any atom is 0.281 e. The molecule has 0 aromatic heterocycles. The molecule has 2 N–H and O–H groups in total. The number of nitrogens with one attached hydrogen (secondary N) is 1. The van der Waals surface area contributed by atoms with Crippen molar-refractivity contribution in [3.63, 3.8) is 0 Å². The predicted octanol–water partition coefficient (Wildman–Crippen LogP) is 1.46. The molecule has 2 rings (SSSR count). The van der Waals surface area contributed by atoms with Gasteiger partial charge in [-0.05, 0) is 24.7 Å². The predicted molar refractivity (Wildman–Crippen MR) is 79.6 cm³/mol. The van der Waals surface area contributed by atoms with E-state index in [2.05, 4.69) is 5.32 Å². The third kappa shape index (κ3) is 4.38. The molecule has 6 heteroatoms. The van der Waals surface area contributed by atoms with E-state index in [0.29, 0.717) is 31.3 Å². The second-order valence-electron chi connectivity index (χ2n) is 5.64. The molecule has 0 spiro atoms. The van der Waals surface area contributed by atoms with E-state index in [4.69, 9.17) is 0 Å². The first-order valence-electron chi connectivity index (χ1n) is 7.50. The van der Waals surface area contributed by atoms with Gasteiger partial charge >= 0.3 is 0 Å². The third-order valence-corrected chi connectivity index (χ3v) is 5.21. The SMILES string of the molecule is O=C(CCN1CCSC1=O)NCC1CCCCC1CO. The van der Waals surface area contributed by atoms with Crippen molar-refractivity contribution in [2.75, 3.05) is 32.0 Å². The van der Waals surface area contributed by atoms with Crippen LogP contribution in [0, 0.1) is 11.8 Å². The van der Waals surface area contributed by atoms with Gasteiger partial charge in [-0.25, -0.2) is 0 Å². The van der Waals surface area contributed by atoms with Crippen LogP contribution in [0.4, 0.5) is 4.79 Å². The fraction of sp³-hybridized carbons (Fsp3) is 0.857. The second-order valence-corrected chi connectivity index (χ2v) is 6.69. The maximum absolute atomic E-state index is 11.8. The largest absolute Gasteiger partial charge is 0.396 e. The van der Waals surface area contributed by atoms with E-state index in [-0.39, 0.29) is 17.8 Å². The Bertz CT molecular complexity index is 351. The zero-order valence-electron chi connectivity index (χ0n) is 11.8. The molecule has 0 bridgehead atoms. The van der Waals surface area contributed by atoms with Crippen LogP contribution in [-0.4, -0.2) is 53.1 Å². The topological polar surface area (TPSA) is 69.6 Å². The molecule has 1 aliphatic carbocycles. The van der Waals surface area contributed by atoms with Gasteiger partial charge in [0.15, 0.2) is 0 Å². The Kier molecular flexibility index (Phi) is 6.16. The summed E-state index contributed by atoms with van der Waals surface area (Å²) in [6.45, 7) is 2.16. The minimum absolute atomic E-state index is 0.0111. The van der Waals surface area contributed by atoms with Gasteiger partial charge in [-0.15, -0.1) is 0 Å². The zero-order chi connectivity index (χ0) is 14.4. The number of carbonyl (C=O) groups excluding carboxylic acids is 2. The lowest BCUT2D eigenvalue weighted by atomic mass is 9.79. The standard InChI is InChI=1S/C14H24N2O3S/c17-10-12-4-2-1-3-11(12)9-15-13(18)5-6-16-7-8-20-14(16)19/h11-12,17H,1-10H2,(H,15,18). The summed E-state index contributed by atoms with van der Waals surface area (Å²) >= 11 is 1.32. The van der Waals surface area contributed by atoms with Gasteiger partial charge in [-0.3, -0.25) is 9.59 Å². The van der Waals surface area contributed by atoms with Crippen molar-refractivity contribution in [2.24, 2.45) is 11.8 Å². The van der Waals surface area contributed by atoms with E-state index in [1.165, 1.54) is 24.6 Å². The Morgan fingerprint density at radius 2 is 2.10 bits per heavy atom. The molecule has 0 aromatic rings. The Morgan fingerprint density at radius 1 is 1.35 bits per heavy atom. The molecule has 2 amide bonds. The first-order chi connectivity index (χ1) is 9.70. The molecule has 0 aromatic carbocycles. The average Bonchev–Trinajstić information content (AvgIpc) is 2.88. The summed E-state index contributed by atoms with van der Waals surface area (Å²) < 4.78 is 0. The maximum atomic E-state index is 11.8. The van der Waals surface area contributed by atoms with Gasteiger partial charge in [0.05, 0.1) is 0 Å². The number of aliphatic hydroxyl groups is 1. The van der Waals surface area contributed by atoms with Crippen molar-refractivity contribution in [3.05, 3.63) is 0 Å². The lowest BCUT2D eigenvalue weighted by Gasteiger charge is -2.30. The van der Waals surface area contributed by atoms with Crippen LogP contribution < -0.4 is 5.32 Å². The van der Waals surface area contributed by atoms with Crippen LogP contribution in [0.15, 0.2) is 0 Å². The smallest absolute Gasteiger partial charge is 0.281 e. The third-order valence-electron chi connectivity index (χ3n) is 4.32. The highest BCUT2D eigenvalue weighted by atomic mass is 32.2. The molecule has 1 aliphatic heterocycles. The molecular weight excluding hydrogens is 276 g/mol. The van der Waals surface area contributed by atoms with E-state index in [1.54, 1.807) is 4.90 Å². The van der Waals surface area contributed by atoms with E-state index in [0.717, 1.165) is 25.1 Å². The molecule has 2 unspecified atom stereocenters. The average molecular weight is 300 g/mol. The molecule has 1 saturated carbocycles. The molecule has 5 nitrogen and oxygen atoms in total. The van der Waals surface area contributed by atoms with E-state index < -0.39 is 0 Å². The van der Waals surface area contributed by atoms with Crippen LogP contribution >= 0.6 is 11.8 Å². The minimum atomic E-state index is 0.0111. The number of aliphatic hydroxyl groups excluding tert-OH is 1. The summed E-state index contributed by atoms with van der Waals surface area (Å²) in [4.78, 5) is 25.0. The first kappa shape index (κ1) is 15.6. The molecule has 0 radical (unpaired) electrons. The highest BCUT2D eigenvalue weighted by Crippen LogP contribution is 2.29. The zero-order valence-corrected chi connectivity index (χ0v) is 12.7. The number of amides is 2. The molecular formula is C14H24N2O3S. The Labute approximate surface area is 124 Å². The van der Waals surface area contributed by atoms with E-state index in [1.807, 2.05) is 0 Å². The van der Waals surface area contributed by atoms with Crippen molar-refractivity contribution in [3.8, 4) is 0 Å². The van der Waals surface area contributed by atoms with E-state index in [9.17, 15) is 14.7 Å². The van der Waals surface area contributed by atoms with Crippen molar-refractivity contribution < 1.29 is 14.7 Å². The highest BCUT2D eigenvalue weighted by molar-refractivity contribution is 8.13. The Balaban J connectivity index is 1.65. The number of carbonyl (C=O) groups is 2. The van der Waals surface area contributed by atoms with Crippen LogP contribution in [0.3, 0.4) is 0 Å². The van der Waals surface area contributed by atoms with Gasteiger partial charge in [0.2, 0.25) is 5.91 Å². The molecule has 2 aliphatic rings. The lowest BCUT2D eigenvalue weighted by molar-refractivity contribution is -0.121. The van der Waals surface area contributed by atoms with Crippen LogP contribution in [0.1, 0.15) is 32.1 Å². The van der Waals surface area contributed by atoms with Gasteiger partial charge in [0, 0.05) is 38.4 Å². The number of rotatable bonds is 6. The van der Waals surface area contributed by atoms with Gasteiger partial charge in [-0.1, -0.05) is 24.6 Å². The number of hydrogen-bond donors (Lipinski definition) is 2.